The summed E-state index contributed by atoms with van der Waals surface area (Å²) in [5.41, 5.74) is -0.0430. The molecule has 0 spiro atoms. The van der Waals surface area contributed by atoms with Gasteiger partial charge in [-0.25, -0.2) is 0 Å². The Morgan fingerprint density at radius 2 is 2.00 bits per heavy atom. The quantitative estimate of drug-likeness (QED) is 0.819. The van der Waals surface area contributed by atoms with Crippen LogP contribution in [0.15, 0.2) is 15.9 Å². The maximum Gasteiger partial charge on any atom is 0.0880 e. The SMILES string of the molecule is CNC(c1sccc1Br)C1(OC)CCCCCC1. The first-order valence-electron chi connectivity index (χ1n) is 6.69. The Labute approximate surface area is 122 Å². The van der Waals surface area contributed by atoms with Crippen molar-refractivity contribution in [3.05, 3.63) is 20.8 Å². The Hall–Kier alpha value is 0.1000. The summed E-state index contributed by atoms with van der Waals surface area (Å²) in [7, 11) is 3.92. The van der Waals surface area contributed by atoms with Crippen LogP contribution in [0, 0.1) is 0 Å². The van der Waals surface area contributed by atoms with Crippen molar-refractivity contribution in [1.29, 1.82) is 0 Å². The Balaban J connectivity index is 2.30. The fourth-order valence-electron chi connectivity index (χ4n) is 3.08. The fraction of sp³-hybridized carbons (Fsp3) is 0.714. The molecule has 1 aromatic rings. The van der Waals surface area contributed by atoms with Crippen LogP contribution < -0.4 is 5.32 Å². The highest BCUT2D eigenvalue weighted by molar-refractivity contribution is 9.10. The molecule has 0 radical (unpaired) electrons. The molecule has 18 heavy (non-hydrogen) atoms. The molecule has 1 aliphatic rings. The molecule has 1 fully saturated rings. The van der Waals surface area contributed by atoms with Gasteiger partial charge in [0.1, 0.15) is 0 Å². The van der Waals surface area contributed by atoms with Gasteiger partial charge in [-0.05, 0) is 47.3 Å². The van der Waals surface area contributed by atoms with Gasteiger partial charge in [0.05, 0.1) is 11.6 Å². The van der Waals surface area contributed by atoms with Crippen LogP contribution in [0.25, 0.3) is 0 Å². The zero-order valence-electron chi connectivity index (χ0n) is 11.2. The standard InChI is InChI=1S/C14H22BrNOS/c1-16-13(12-11(15)7-10-18-12)14(17-2)8-5-3-4-6-9-14/h7,10,13,16H,3-6,8-9H2,1-2H3. The summed E-state index contributed by atoms with van der Waals surface area (Å²) in [4.78, 5) is 1.36. The predicted octanol–water partition coefficient (Wildman–Crippen LogP) is 4.51. The van der Waals surface area contributed by atoms with E-state index in [1.165, 1.54) is 35.0 Å². The summed E-state index contributed by atoms with van der Waals surface area (Å²) in [6.07, 6.45) is 7.53. The highest BCUT2D eigenvalue weighted by atomic mass is 79.9. The highest BCUT2D eigenvalue weighted by Crippen LogP contribution is 2.43. The Morgan fingerprint density at radius 1 is 1.33 bits per heavy atom. The summed E-state index contributed by atoms with van der Waals surface area (Å²) in [5.74, 6) is 0. The molecule has 1 aliphatic carbocycles. The van der Waals surface area contributed by atoms with Crippen LogP contribution in [0.5, 0.6) is 0 Å². The van der Waals surface area contributed by atoms with Crippen molar-refractivity contribution in [3.63, 3.8) is 0 Å². The molecule has 0 bridgehead atoms. The number of halogens is 1. The lowest BCUT2D eigenvalue weighted by molar-refractivity contribution is -0.0515. The van der Waals surface area contributed by atoms with Crippen molar-refractivity contribution in [2.45, 2.75) is 50.2 Å². The van der Waals surface area contributed by atoms with Gasteiger partial charge in [0.15, 0.2) is 0 Å². The third-order valence-corrected chi connectivity index (χ3v) is 6.01. The third kappa shape index (κ3) is 2.82. The first-order chi connectivity index (χ1) is 8.73. The number of rotatable bonds is 4. The predicted molar refractivity (Wildman–Crippen MR) is 81.3 cm³/mol. The smallest absolute Gasteiger partial charge is 0.0880 e. The van der Waals surface area contributed by atoms with E-state index in [0.29, 0.717) is 0 Å². The van der Waals surface area contributed by atoms with Crippen LogP contribution in [-0.2, 0) is 4.74 Å². The minimum Gasteiger partial charge on any atom is -0.376 e. The van der Waals surface area contributed by atoms with Crippen molar-refractivity contribution in [2.75, 3.05) is 14.2 Å². The second kappa shape index (κ2) is 6.51. The molecule has 1 atom stereocenters. The minimum atomic E-state index is -0.0430. The van der Waals surface area contributed by atoms with Crippen LogP contribution in [0.3, 0.4) is 0 Å². The van der Waals surface area contributed by atoms with Crippen molar-refractivity contribution < 1.29 is 4.74 Å². The van der Waals surface area contributed by atoms with E-state index in [-0.39, 0.29) is 11.6 Å². The molecule has 4 heteroatoms. The first kappa shape index (κ1) is 14.5. The Kier molecular flexibility index (Phi) is 5.24. The maximum atomic E-state index is 6.01. The van der Waals surface area contributed by atoms with Gasteiger partial charge in [-0.1, -0.05) is 25.7 Å². The van der Waals surface area contributed by atoms with Crippen LogP contribution in [0.4, 0.5) is 0 Å². The zero-order valence-corrected chi connectivity index (χ0v) is 13.6. The topological polar surface area (TPSA) is 21.3 Å². The summed E-state index contributed by atoms with van der Waals surface area (Å²) in [5, 5.41) is 5.63. The van der Waals surface area contributed by atoms with E-state index < -0.39 is 0 Å². The fourth-order valence-corrected chi connectivity index (χ4v) is 4.90. The molecular formula is C14H22BrNOS. The van der Waals surface area contributed by atoms with Gasteiger partial charge in [0, 0.05) is 16.5 Å². The molecule has 2 rings (SSSR count). The largest absolute Gasteiger partial charge is 0.376 e. The molecule has 0 aromatic carbocycles. The molecule has 2 nitrogen and oxygen atoms in total. The first-order valence-corrected chi connectivity index (χ1v) is 8.36. The molecule has 0 amide bonds. The van der Waals surface area contributed by atoms with E-state index in [2.05, 4.69) is 32.7 Å². The summed E-state index contributed by atoms with van der Waals surface area (Å²) < 4.78 is 7.22. The molecule has 1 saturated carbocycles. The molecule has 102 valence electrons. The van der Waals surface area contributed by atoms with Gasteiger partial charge in [-0.15, -0.1) is 11.3 Å². The van der Waals surface area contributed by atoms with Gasteiger partial charge in [0.25, 0.3) is 0 Å². The lowest BCUT2D eigenvalue weighted by atomic mass is 9.85. The Morgan fingerprint density at radius 3 is 2.44 bits per heavy atom. The Bertz CT molecular complexity index is 372. The van der Waals surface area contributed by atoms with E-state index in [0.717, 1.165) is 12.8 Å². The normalized spacial score (nSPS) is 21.5. The van der Waals surface area contributed by atoms with Gasteiger partial charge >= 0.3 is 0 Å². The van der Waals surface area contributed by atoms with E-state index in [1.807, 2.05) is 25.5 Å². The minimum absolute atomic E-state index is 0.0430. The monoisotopic (exact) mass is 331 g/mol. The molecule has 0 saturated heterocycles. The molecule has 1 aromatic heterocycles. The van der Waals surface area contributed by atoms with Crippen LogP contribution in [-0.4, -0.2) is 19.8 Å². The lowest BCUT2D eigenvalue weighted by Gasteiger charge is -2.39. The average molecular weight is 332 g/mol. The van der Waals surface area contributed by atoms with Crippen LogP contribution in [0.2, 0.25) is 0 Å². The second-order valence-electron chi connectivity index (χ2n) is 5.04. The number of nitrogens with one attached hydrogen (secondary N) is 1. The van der Waals surface area contributed by atoms with Crippen molar-refractivity contribution in [1.82, 2.24) is 5.32 Å². The van der Waals surface area contributed by atoms with Crippen LogP contribution in [0.1, 0.15) is 49.4 Å². The third-order valence-electron chi connectivity index (χ3n) is 4.08. The van der Waals surface area contributed by atoms with Gasteiger partial charge in [0.2, 0.25) is 0 Å². The average Bonchev–Trinajstić information content (AvgIpc) is 2.67. The molecule has 1 heterocycles. The number of hydrogen-bond donors (Lipinski definition) is 1. The number of likely N-dealkylation sites (N-methyl/N-ethyl adjacent to an activating group) is 1. The lowest BCUT2D eigenvalue weighted by Crippen LogP contribution is -2.44. The summed E-state index contributed by atoms with van der Waals surface area (Å²) in [6, 6.07) is 2.42. The molecule has 1 unspecified atom stereocenters. The van der Waals surface area contributed by atoms with E-state index in [1.54, 1.807) is 0 Å². The van der Waals surface area contributed by atoms with Gasteiger partial charge in [-0.3, -0.25) is 0 Å². The number of thiophene rings is 1. The van der Waals surface area contributed by atoms with Crippen LogP contribution >= 0.6 is 27.3 Å². The highest BCUT2D eigenvalue weighted by Gasteiger charge is 2.40. The van der Waals surface area contributed by atoms with Crippen molar-refractivity contribution in [3.8, 4) is 0 Å². The molecule has 1 N–H and O–H groups in total. The number of methoxy groups -OCH3 is 1. The van der Waals surface area contributed by atoms with Gasteiger partial charge < -0.3 is 10.1 Å². The number of ether oxygens (including phenoxy) is 1. The van der Waals surface area contributed by atoms with Gasteiger partial charge in [-0.2, -0.15) is 0 Å². The van der Waals surface area contributed by atoms with Crippen molar-refractivity contribution in [2.24, 2.45) is 0 Å². The van der Waals surface area contributed by atoms with E-state index in [4.69, 9.17) is 4.74 Å². The summed E-state index contributed by atoms with van der Waals surface area (Å²) >= 11 is 5.47. The molecular weight excluding hydrogens is 310 g/mol. The summed E-state index contributed by atoms with van der Waals surface area (Å²) in [6.45, 7) is 0. The second-order valence-corrected chi connectivity index (χ2v) is 6.84. The molecule has 0 aliphatic heterocycles. The van der Waals surface area contributed by atoms with E-state index >= 15 is 0 Å². The maximum absolute atomic E-state index is 6.01. The van der Waals surface area contributed by atoms with E-state index in [9.17, 15) is 0 Å². The van der Waals surface area contributed by atoms with Crippen molar-refractivity contribution >= 4 is 27.3 Å². The zero-order chi connectivity index (χ0) is 13.0. The number of hydrogen-bond acceptors (Lipinski definition) is 3.